The lowest BCUT2D eigenvalue weighted by Gasteiger charge is -2.35. The fourth-order valence-electron chi connectivity index (χ4n) is 2.49. The number of anilines is 1. The molecule has 7 heteroatoms. The highest BCUT2D eigenvalue weighted by Crippen LogP contribution is 2.38. The van der Waals surface area contributed by atoms with Crippen LogP contribution in [-0.4, -0.2) is 41.1 Å². The molecule has 3 rings (SSSR count). The van der Waals surface area contributed by atoms with Crippen LogP contribution in [0.1, 0.15) is 19.8 Å². The summed E-state index contributed by atoms with van der Waals surface area (Å²) in [6.07, 6.45) is 1.40. The van der Waals surface area contributed by atoms with Gasteiger partial charge in [0.25, 0.3) is 0 Å². The first kappa shape index (κ1) is 14.4. The lowest BCUT2D eigenvalue weighted by Crippen LogP contribution is -2.45. The molecule has 0 unspecified atom stereocenters. The molecule has 1 fully saturated rings. The molecule has 0 aliphatic carbocycles. The molecule has 112 valence electrons. The van der Waals surface area contributed by atoms with Crippen LogP contribution in [-0.2, 0) is 16.1 Å². The van der Waals surface area contributed by atoms with Gasteiger partial charge in [0, 0.05) is 13.1 Å². The third-order valence-electron chi connectivity index (χ3n) is 3.86. The minimum absolute atomic E-state index is 0.0583. The smallest absolute Gasteiger partial charge is 0.238 e. The Bertz CT molecular complexity index is 628. The summed E-state index contributed by atoms with van der Waals surface area (Å²) in [4.78, 5) is 14.2. The standard InChI is InChI=1S/C14H18N4O2S/c1-14(20)5-7-18(8-6-14)9-12(19)15-10-3-2-4-11-13(10)17-21-16-11/h2-4,20H,5-9H2,1H3,(H,15,19). The van der Waals surface area contributed by atoms with Gasteiger partial charge in [-0.2, -0.15) is 8.73 Å². The maximum absolute atomic E-state index is 12.1. The molecule has 1 aromatic rings. The number of carbonyl (C=O) groups is 1. The average Bonchev–Trinajstić information content (AvgIpc) is 2.91. The molecule has 0 radical (unpaired) electrons. The van der Waals surface area contributed by atoms with Crippen molar-refractivity contribution in [2.24, 2.45) is 8.73 Å². The summed E-state index contributed by atoms with van der Waals surface area (Å²) in [5, 5.41) is 12.8. The lowest BCUT2D eigenvalue weighted by atomic mass is 9.94. The van der Waals surface area contributed by atoms with Crippen molar-refractivity contribution in [3.05, 3.63) is 18.2 Å². The molecule has 1 saturated heterocycles. The van der Waals surface area contributed by atoms with E-state index in [-0.39, 0.29) is 5.91 Å². The van der Waals surface area contributed by atoms with Gasteiger partial charge in [-0.05, 0) is 31.9 Å². The van der Waals surface area contributed by atoms with E-state index in [0.29, 0.717) is 25.1 Å². The van der Waals surface area contributed by atoms with Gasteiger partial charge in [0.1, 0.15) is 11.4 Å². The summed E-state index contributed by atoms with van der Waals surface area (Å²) < 4.78 is 8.37. The number of rotatable bonds is 3. The average molecular weight is 306 g/mol. The van der Waals surface area contributed by atoms with E-state index in [0.717, 1.165) is 35.8 Å². The molecule has 2 aliphatic heterocycles. The summed E-state index contributed by atoms with van der Waals surface area (Å²) in [7, 11) is 0. The van der Waals surface area contributed by atoms with Gasteiger partial charge in [-0.1, -0.05) is 6.07 Å². The van der Waals surface area contributed by atoms with E-state index in [1.165, 1.54) is 0 Å². The summed E-state index contributed by atoms with van der Waals surface area (Å²) in [5.74, 6) is -0.0583. The van der Waals surface area contributed by atoms with Crippen LogP contribution in [0.5, 0.6) is 0 Å². The van der Waals surface area contributed by atoms with Crippen molar-refractivity contribution in [3.63, 3.8) is 0 Å². The Morgan fingerprint density at radius 2 is 2.19 bits per heavy atom. The highest BCUT2D eigenvalue weighted by atomic mass is 32.1. The van der Waals surface area contributed by atoms with Crippen LogP contribution in [0, 0.1) is 0 Å². The molecule has 2 aliphatic rings. The number of nitrogens with zero attached hydrogens (tertiary/aromatic N) is 3. The van der Waals surface area contributed by atoms with E-state index >= 15 is 0 Å². The van der Waals surface area contributed by atoms with E-state index in [1.807, 2.05) is 25.1 Å². The molecule has 0 atom stereocenters. The largest absolute Gasteiger partial charge is 0.390 e. The monoisotopic (exact) mass is 306 g/mol. The maximum atomic E-state index is 12.1. The van der Waals surface area contributed by atoms with E-state index in [9.17, 15) is 9.90 Å². The molecule has 0 bridgehead atoms. The van der Waals surface area contributed by atoms with Crippen molar-refractivity contribution < 1.29 is 9.90 Å². The molecule has 0 aromatic heterocycles. The van der Waals surface area contributed by atoms with Crippen molar-refractivity contribution in [3.8, 4) is 0 Å². The molecule has 21 heavy (non-hydrogen) atoms. The Hall–Kier alpha value is -1.57. The predicted molar refractivity (Wildman–Crippen MR) is 82.9 cm³/mol. The van der Waals surface area contributed by atoms with Crippen molar-refractivity contribution in [2.45, 2.75) is 25.4 Å². The number of aliphatic hydroxyl groups is 1. The van der Waals surface area contributed by atoms with Crippen LogP contribution in [0.3, 0.4) is 0 Å². The number of fused-ring (bicyclic) bond motifs is 1. The minimum atomic E-state index is -0.592. The quantitative estimate of drug-likeness (QED) is 0.912. The van der Waals surface area contributed by atoms with Gasteiger partial charge in [0.15, 0.2) is 0 Å². The van der Waals surface area contributed by atoms with Crippen LogP contribution < -0.4 is 5.32 Å². The molecule has 1 amide bonds. The number of hydrogen-bond donors (Lipinski definition) is 2. The second kappa shape index (κ2) is 5.67. The Balaban J connectivity index is 1.58. The predicted octanol–water partition coefficient (Wildman–Crippen LogP) is 2.20. The van der Waals surface area contributed by atoms with Crippen LogP contribution >= 0.6 is 0 Å². The van der Waals surface area contributed by atoms with Gasteiger partial charge in [0.05, 0.1) is 29.2 Å². The number of benzene rings is 1. The maximum Gasteiger partial charge on any atom is 0.238 e. The third kappa shape index (κ3) is 3.37. The van der Waals surface area contributed by atoms with Gasteiger partial charge >= 0.3 is 0 Å². The SMILES string of the molecule is CC1(O)CCN(CC(=O)Nc2cccc3c2N=S=N3)CC1. The fraction of sp³-hybridized carbons (Fsp3) is 0.500. The van der Waals surface area contributed by atoms with E-state index in [2.05, 4.69) is 18.9 Å². The first-order chi connectivity index (χ1) is 10.0. The topological polar surface area (TPSA) is 77.3 Å². The van der Waals surface area contributed by atoms with Crippen molar-refractivity contribution in [1.29, 1.82) is 0 Å². The fourth-order valence-corrected chi connectivity index (χ4v) is 3.04. The Kier molecular flexibility index (Phi) is 3.88. The van der Waals surface area contributed by atoms with E-state index in [1.54, 1.807) is 0 Å². The summed E-state index contributed by atoms with van der Waals surface area (Å²) in [5.41, 5.74) is 1.64. The second-order valence-electron chi connectivity index (χ2n) is 5.76. The Morgan fingerprint density at radius 3 is 2.95 bits per heavy atom. The van der Waals surface area contributed by atoms with Crippen LogP contribution in [0.25, 0.3) is 0 Å². The van der Waals surface area contributed by atoms with Gasteiger partial charge in [-0.25, -0.2) is 0 Å². The van der Waals surface area contributed by atoms with Gasteiger partial charge in [-0.15, -0.1) is 0 Å². The number of nitrogens with one attached hydrogen (secondary N) is 1. The Morgan fingerprint density at radius 1 is 1.43 bits per heavy atom. The summed E-state index contributed by atoms with van der Waals surface area (Å²) in [6.45, 7) is 3.66. The van der Waals surface area contributed by atoms with E-state index in [4.69, 9.17) is 0 Å². The molecule has 2 N–H and O–H groups in total. The molecule has 0 saturated carbocycles. The molecule has 0 spiro atoms. The number of piperidine rings is 1. The van der Waals surface area contributed by atoms with Crippen molar-refractivity contribution >= 4 is 34.3 Å². The zero-order valence-electron chi connectivity index (χ0n) is 11.9. The van der Waals surface area contributed by atoms with Crippen molar-refractivity contribution in [1.82, 2.24) is 4.90 Å². The lowest BCUT2D eigenvalue weighted by molar-refractivity contribution is -0.118. The van der Waals surface area contributed by atoms with Crippen molar-refractivity contribution in [2.75, 3.05) is 25.0 Å². The van der Waals surface area contributed by atoms with E-state index < -0.39 is 5.60 Å². The number of carbonyl (C=O) groups excluding carboxylic acids is 1. The minimum Gasteiger partial charge on any atom is -0.390 e. The highest BCUT2D eigenvalue weighted by molar-refractivity contribution is 7.58. The summed E-state index contributed by atoms with van der Waals surface area (Å²) in [6, 6.07) is 5.57. The number of amides is 1. The second-order valence-corrected chi connectivity index (χ2v) is 6.29. The van der Waals surface area contributed by atoms with Crippen LogP contribution in [0.4, 0.5) is 17.1 Å². The molecule has 2 heterocycles. The molecular weight excluding hydrogens is 288 g/mol. The zero-order chi connectivity index (χ0) is 14.9. The van der Waals surface area contributed by atoms with Gasteiger partial charge in [0.2, 0.25) is 5.91 Å². The molecular formula is C14H18N4O2S. The zero-order valence-corrected chi connectivity index (χ0v) is 12.7. The first-order valence-electron chi connectivity index (χ1n) is 6.99. The molecule has 1 aromatic carbocycles. The molecule has 6 nitrogen and oxygen atoms in total. The number of likely N-dealkylation sites (tertiary alicyclic amines) is 1. The summed E-state index contributed by atoms with van der Waals surface area (Å²) >= 11 is 1.14. The first-order valence-corrected chi connectivity index (χ1v) is 7.72. The Labute approximate surface area is 127 Å². The highest BCUT2D eigenvalue weighted by Gasteiger charge is 2.28. The van der Waals surface area contributed by atoms with Crippen LogP contribution in [0.15, 0.2) is 26.9 Å². The van der Waals surface area contributed by atoms with Crippen LogP contribution in [0.2, 0.25) is 0 Å². The third-order valence-corrected chi connectivity index (χ3v) is 4.40. The van der Waals surface area contributed by atoms with Gasteiger partial charge in [-0.3, -0.25) is 9.69 Å². The number of hydrogen-bond acceptors (Lipinski definition) is 5. The van der Waals surface area contributed by atoms with Gasteiger partial charge < -0.3 is 10.4 Å². The normalized spacial score (nSPS) is 19.9.